The second kappa shape index (κ2) is 17.1. The number of hydrogen-bond acceptors (Lipinski definition) is 6. The van der Waals surface area contributed by atoms with E-state index in [0.29, 0.717) is 13.2 Å². The lowest BCUT2D eigenvalue weighted by atomic mass is 10.0. The van der Waals surface area contributed by atoms with Crippen molar-refractivity contribution in [1.29, 1.82) is 0 Å². The number of benzene rings is 2. The minimum absolute atomic E-state index is 0.180. The quantitative estimate of drug-likeness (QED) is 0.131. The molecule has 7 heteroatoms. The molecule has 2 aromatic carbocycles. The van der Waals surface area contributed by atoms with Crippen LogP contribution in [0.1, 0.15) is 46.6 Å². The summed E-state index contributed by atoms with van der Waals surface area (Å²) < 4.78 is 25.7. The predicted octanol–water partition coefficient (Wildman–Crippen LogP) is 7.05. The summed E-state index contributed by atoms with van der Waals surface area (Å²) >= 11 is 0. The van der Waals surface area contributed by atoms with E-state index in [1.807, 2.05) is 46.9 Å². The highest BCUT2D eigenvalue weighted by Gasteiger charge is 2.17. The molecule has 0 aromatic heterocycles. The summed E-state index contributed by atoms with van der Waals surface area (Å²) in [5.74, 6) is 7.32. The van der Waals surface area contributed by atoms with E-state index in [9.17, 15) is 9.30 Å². The molecular formula is C32H42FN3O3. The largest absolute Gasteiger partial charge is 0.493 e. The van der Waals surface area contributed by atoms with Crippen LogP contribution in [-0.4, -0.2) is 56.2 Å². The van der Waals surface area contributed by atoms with Gasteiger partial charge in [0.25, 0.3) is 0 Å². The summed E-state index contributed by atoms with van der Waals surface area (Å²) in [6.45, 7) is 14.4. The van der Waals surface area contributed by atoms with E-state index in [4.69, 9.17) is 9.47 Å². The first-order valence-corrected chi connectivity index (χ1v) is 13.6. The fraction of sp³-hybridized carbons (Fsp3) is 0.438. The van der Waals surface area contributed by atoms with Crippen LogP contribution in [0.2, 0.25) is 0 Å². The summed E-state index contributed by atoms with van der Waals surface area (Å²) in [5.41, 5.74) is 4.61. The summed E-state index contributed by atoms with van der Waals surface area (Å²) in [4.78, 5) is 15.0. The van der Waals surface area contributed by atoms with E-state index < -0.39 is 0 Å². The van der Waals surface area contributed by atoms with Crippen LogP contribution in [0.3, 0.4) is 0 Å². The van der Waals surface area contributed by atoms with Crippen LogP contribution < -0.4 is 9.47 Å². The normalized spacial score (nSPS) is 11.7. The van der Waals surface area contributed by atoms with Gasteiger partial charge in [0, 0.05) is 26.7 Å². The number of allylic oxidation sites excluding steroid dienone is 3. The number of nitrogens with zero attached hydrogens (tertiary/aromatic N) is 3. The number of halogens is 1. The van der Waals surface area contributed by atoms with Crippen molar-refractivity contribution >= 4 is 0 Å². The lowest BCUT2D eigenvalue weighted by Gasteiger charge is -2.25. The van der Waals surface area contributed by atoms with Gasteiger partial charge < -0.3 is 14.4 Å². The topological polar surface area (TPSA) is 54.4 Å². The van der Waals surface area contributed by atoms with Gasteiger partial charge in [-0.25, -0.2) is 4.39 Å². The Morgan fingerprint density at radius 3 is 2.21 bits per heavy atom. The molecule has 0 saturated carbocycles. The molecule has 0 saturated heterocycles. The van der Waals surface area contributed by atoms with Crippen molar-refractivity contribution in [1.82, 2.24) is 9.80 Å². The van der Waals surface area contributed by atoms with Gasteiger partial charge in [-0.05, 0) is 93.6 Å². The minimum Gasteiger partial charge on any atom is -0.493 e. The van der Waals surface area contributed by atoms with Crippen molar-refractivity contribution in [2.75, 3.05) is 46.4 Å². The lowest BCUT2D eigenvalue weighted by Crippen LogP contribution is -2.28. The Balaban J connectivity index is 2.18. The molecule has 0 aliphatic carbocycles. The lowest BCUT2D eigenvalue weighted by molar-refractivity contribution is 0.260. The van der Waals surface area contributed by atoms with Gasteiger partial charge in [-0.2, -0.15) is 4.91 Å². The first kappa shape index (κ1) is 31.6. The van der Waals surface area contributed by atoms with Crippen molar-refractivity contribution in [2.24, 2.45) is 5.18 Å². The Morgan fingerprint density at radius 2 is 1.67 bits per heavy atom. The molecule has 0 aliphatic rings. The van der Waals surface area contributed by atoms with Gasteiger partial charge in [0.15, 0.2) is 0 Å². The SMILES string of the molecule is CC#C/C(=C\C=C(/C)CN=O)N(C)CCCN(CC)Cc1cc(OCC)c(-c2ccc(F)cc2)c(OCC)c1. The minimum atomic E-state index is -0.276. The highest BCUT2D eigenvalue weighted by atomic mass is 19.1. The van der Waals surface area contributed by atoms with Gasteiger partial charge in [0.05, 0.1) is 24.5 Å². The van der Waals surface area contributed by atoms with E-state index in [2.05, 4.69) is 45.9 Å². The van der Waals surface area contributed by atoms with E-state index >= 15 is 0 Å². The Hall–Kier alpha value is -3.63. The molecule has 0 N–H and O–H groups in total. The summed E-state index contributed by atoms with van der Waals surface area (Å²) in [7, 11) is 2.03. The highest BCUT2D eigenvalue weighted by Crippen LogP contribution is 2.40. The second-order valence-electron chi connectivity index (χ2n) is 9.21. The van der Waals surface area contributed by atoms with Gasteiger partial charge >= 0.3 is 0 Å². The number of hydrogen-bond donors (Lipinski definition) is 0. The van der Waals surface area contributed by atoms with Crippen LogP contribution in [0.15, 0.2) is 65.0 Å². The molecular weight excluding hydrogens is 493 g/mol. The fourth-order valence-electron chi connectivity index (χ4n) is 4.20. The third-order valence-corrected chi connectivity index (χ3v) is 6.18. The molecule has 0 bridgehead atoms. The van der Waals surface area contributed by atoms with Crippen LogP contribution in [0.5, 0.6) is 11.5 Å². The van der Waals surface area contributed by atoms with Crippen LogP contribution >= 0.6 is 0 Å². The molecule has 0 heterocycles. The smallest absolute Gasteiger partial charge is 0.131 e. The third kappa shape index (κ3) is 10.2. The Morgan fingerprint density at radius 1 is 1.03 bits per heavy atom. The van der Waals surface area contributed by atoms with Crippen LogP contribution in [0.4, 0.5) is 4.39 Å². The molecule has 0 unspecified atom stereocenters. The zero-order chi connectivity index (χ0) is 28.6. The highest BCUT2D eigenvalue weighted by molar-refractivity contribution is 5.77. The third-order valence-electron chi connectivity index (χ3n) is 6.18. The Kier molecular flexibility index (Phi) is 13.8. The Bertz CT molecular complexity index is 1150. The van der Waals surface area contributed by atoms with Gasteiger partial charge in [-0.1, -0.05) is 36.2 Å². The summed E-state index contributed by atoms with van der Waals surface area (Å²) in [6.07, 6.45) is 4.80. The maximum absolute atomic E-state index is 13.6. The van der Waals surface area contributed by atoms with Gasteiger partial charge in [-0.15, -0.1) is 0 Å². The van der Waals surface area contributed by atoms with Gasteiger partial charge in [0.1, 0.15) is 23.9 Å². The fourth-order valence-corrected chi connectivity index (χ4v) is 4.20. The average Bonchev–Trinajstić information content (AvgIpc) is 2.91. The average molecular weight is 536 g/mol. The van der Waals surface area contributed by atoms with E-state index in [1.54, 1.807) is 12.1 Å². The monoisotopic (exact) mass is 535 g/mol. The van der Waals surface area contributed by atoms with Crippen molar-refractivity contribution < 1.29 is 13.9 Å². The van der Waals surface area contributed by atoms with Crippen LogP contribution in [0.25, 0.3) is 11.1 Å². The molecule has 6 nitrogen and oxygen atoms in total. The van der Waals surface area contributed by atoms with Crippen LogP contribution in [-0.2, 0) is 6.54 Å². The van der Waals surface area contributed by atoms with E-state index in [1.165, 1.54) is 12.1 Å². The summed E-state index contributed by atoms with van der Waals surface area (Å²) in [5, 5.41) is 2.94. The molecule has 210 valence electrons. The molecule has 2 rings (SSSR count). The second-order valence-corrected chi connectivity index (χ2v) is 9.21. The molecule has 0 amide bonds. The molecule has 0 aliphatic heterocycles. The van der Waals surface area contributed by atoms with Gasteiger partial charge in [-0.3, -0.25) is 4.90 Å². The van der Waals surface area contributed by atoms with Crippen molar-refractivity contribution in [3.05, 3.63) is 76.1 Å². The first-order chi connectivity index (χ1) is 18.9. The van der Waals surface area contributed by atoms with E-state index in [0.717, 1.165) is 72.1 Å². The molecule has 0 spiro atoms. The number of ether oxygens (including phenoxy) is 2. The number of rotatable bonds is 16. The maximum atomic E-state index is 13.6. The zero-order valence-electron chi connectivity index (χ0n) is 24.2. The molecule has 39 heavy (non-hydrogen) atoms. The zero-order valence-corrected chi connectivity index (χ0v) is 24.2. The van der Waals surface area contributed by atoms with Crippen molar-refractivity contribution in [2.45, 2.75) is 47.6 Å². The first-order valence-electron chi connectivity index (χ1n) is 13.6. The maximum Gasteiger partial charge on any atom is 0.131 e. The Labute approximate surface area is 233 Å². The predicted molar refractivity (Wildman–Crippen MR) is 158 cm³/mol. The standard InChI is InChI=1S/C32H42FN3O3/c1-7-12-29(18-13-25(5)23-34-37)35(6)19-11-20-36(8-2)24-26-21-30(38-9-3)32(31(22-26)39-10-4)27-14-16-28(33)17-15-27/h13-18,21-22H,8-11,19-20,23-24H2,1-6H3/b25-13+,29-18+. The van der Waals surface area contributed by atoms with Crippen molar-refractivity contribution in [3.8, 4) is 34.5 Å². The molecule has 2 aromatic rings. The molecule has 0 fully saturated rings. The van der Waals surface area contributed by atoms with Crippen molar-refractivity contribution in [3.63, 3.8) is 0 Å². The van der Waals surface area contributed by atoms with Crippen LogP contribution in [0, 0.1) is 22.6 Å². The molecule has 0 atom stereocenters. The van der Waals surface area contributed by atoms with E-state index in [-0.39, 0.29) is 12.4 Å². The number of nitroso groups, excluding NO2 is 1. The summed E-state index contributed by atoms with van der Waals surface area (Å²) in [6, 6.07) is 10.6. The molecule has 0 radical (unpaired) electrons. The van der Waals surface area contributed by atoms with Gasteiger partial charge in [0.2, 0.25) is 0 Å².